The average molecular weight is 242 g/mol. The zero-order valence-electron chi connectivity index (χ0n) is 9.35. The van der Waals surface area contributed by atoms with Gasteiger partial charge in [0.25, 0.3) is 0 Å². The highest BCUT2D eigenvalue weighted by Crippen LogP contribution is 2.38. The first kappa shape index (κ1) is 11.8. The van der Waals surface area contributed by atoms with Crippen LogP contribution in [0.5, 0.6) is 0 Å². The summed E-state index contributed by atoms with van der Waals surface area (Å²) in [7, 11) is 0. The van der Waals surface area contributed by atoms with Crippen LogP contribution in [-0.4, -0.2) is 33.9 Å². The number of nitrogens with zero attached hydrogens (tertiary/aromatic N) is 1. The lowest BCUT2D eigenvalue weighted by molar-refractivity contribution is -0.310. The van der Waals surface area contributed by atoms with Crippen LogP contribution >= 0.6 is 11.8 Å². The van der Waals surface area contributed by atoms with Gasteiger partial charge < -0.3 is 14.8 Å². The van der Waals surface area contributed by atoms with Gasteiger partial charge in [-0.25, -0.2) is 0 Å². The molecule has 1 aliphatic heterocycles. The van der Waals surface area contributed by atoms with Gasteiger partial charge in [-0.2, -0.15) is 0 Å². The van der Waals surface area contributed by atoms with Gasteiger partial charge in [0.15, 0.2) is 0 Å². The fourth-order valence-corrected chi connectivity index (χ4v) is 3.57. The number of hydrogen-bond acceptors (Lipinski definition) is 4. The molecule has 1 saturated heterocycles. The Hall–Kier alpha value is -0.710. The Morgan fingerprint density at radius 2 is 2.12 bits per heavy atom. The second-order valence-electron chi connectivity index (χ2n) is 4.43. The third-order valence-electron chi connectivity index (χ3n) is 3.08. The number of carboxylic acids is 1. The summed E-state index contributed by atoms with van der Waals surface area (Å²) >= 11 is 1.57. The van der Waals surface area contributed by atoms with Crippen molar-refractivity contribution in [3.8, 4) is 0 Å². The van der Waals surface area contributed by atoms with E-state index in [4.69, 9.17) is 0 Å². The van der Waals surface area contributed by atoms with Gasteiger partial charge in [-0.15, -0.1) is 11.8 Å². The third-order valence-corrected chi connectivity index (χ3v) is 4.44. The highest BCUT2D eigenvalue weighted by atomic mass is 32.2. The molecule has 1 amide bonds. The molecule has 0 N–H and O–H groups in total. The van der Waals surface area contributed by atoms with Gasteiger partial charge in [0, 0.05) is 11.7 Å². The summed E-state index contributed by atoms with van der Waals surface area (Å²) in [5.74, 6) is -0.525. The molecule has 5 heteroatoms. The molecule has 90 valence electrons. The molecular formula is C11H16NO3S-. The van der Waals surface area contributed by atoms with Crippen LogP contribution in [0.2, 0.25) is 0 Å². The number of amides is 1. The van der Waals surface area contributed by atoms with Crippen LogP contribution in [-0.2, 0) is 9.59 Å². The van der Waals surface area contributed by atoms with Crippen LogP contribution in [0.25, 0.3) is 0 Å². The predicted octanol–water partition coefficient (Wildman–Crippen LogP) is 0.216. The molecular weight excluding hydrogens is 226 g/mol. The highest BCUT2D eigenvalue weighted by Gasteiger charge is 2.43. The van der Waals surface area contributed by atoms with E-state index in [9.17, 15) is 14.7 Å². The Morgan fingerprint density at radius 1 is 1.44 bits per heavy atom. The molecule has 1 saturated carbocycles. The van der Waals surface area contributed by atoms with E-state index >= 15 is 0 Å². The van der Waals surface area contributed by atoms with Crippen molar-refractivity contribution < 1.29 is 14.7 Å². The van der Waals surface area contributed by atoms with Gasteiger partial charge >= 0.3 is 0 Å². The standard InChI is InChI=1S/C11H17NO3S/c1-2-3-9-12(10(13)7-4-5-7)8(6-16-9)11(14)15/h7-9H,2-6H2,1H3,(H,14,15)/p-1/t8-,9+/m1/s1. The van der Waals surface area contributed by atoms with E-state index in [0.717, 1.165) is 25.7 Å². The minimum Gasteiger partial charge on any atom is -0.548 e. The van der Waals surface area contributed by atoms with Crippen molar-refractivity contribution in [2.45, 2.75) is 44.0 Å². The smallest absolute Gasteiger partial charge is 0.227 e. The summed E-state index contributed by atoms with van der Waals surface area (Å²) in [5.41, 5.74) is 0. The lowest BCUT2D eigenvalue weighted by Crippen LogP contribution is -2.51. The van der Waals surface area contributed by atoms with Crippen molar-refractivity contribution in [1.29, 1.82) is 0 Å². The number of aliphatic carboxylic acids is 1. The van der Waals surface area contributed by atoms with E-state index in [-0.39, 0.29) is 17.2 Å². The van der Waals surface area contributed by atoms with E-state index in [1.807, 2.05) is 6.92 Å². The van der Waals surface area contributed by atoms with Gasteiger partial charge in [-0.05, 0) is 19.3 Å². The Kier molecular flexibility index (Phi) is 3.42. The first-order chi connectivity index (χ1) is 7.65. The largest absolute Gasteiger partial charge is 0.548 e. The number of hydrogen-bond donors (Lipinski definition) is 0. The van der Waals surface area contributed by atoms with Gasteiger partial charge in [0.1, 0.15) is 0 Å². The molecule has 0 aromatic carbocycles. The summed E-state index contributed by atoms with van der Waals surface area (Å²) < 4.78 is 0. The van der Waals surface area contributed by atoms with Crippen molar-refractivity contribution in [3.05, 3.63) is 0 Å². The average Bonchev–Trinajstić information content (AvgIpc) is 2.99. The second kappa shape index (κ2) is 4.65. The molecule has 2 rings (SSSR count). The van der Waals surface area contributed by atoms with Crippen molar-refractivity contribution in [2.75, 3.05) is 5.75 Å². The van der Waals surface area contributed by atoms with E-state index in [1.54, 1.807) is 16.7 Å². The number of carbonyl (C=O) groups excluding carboxylic acids is 2. The monoisotopic (exact) mass is 242 g/mol. The molecule has 0 spiro atoms. The molecule has 2 atom stereocenters. The number of thioether (sulfide) groups is 1. The van der Waals surface area contributed by atoms with E-state index in [2.05, 4.69) is 0 Å². The fraction of sp³-hybridized carbons (Fsp3) is 0.818. The van der Waals surface area contributed by atoms with Crippen LogP contribution in [0.1, 0.15) is 32.6 Å². The van der Waals surface area contributed by atoms with Gasteiger partial charge in [0.2, 0.25) is 5.91 Å². The van der Waals surface area contributed by atoms with Crippen LogP contribution in [0.4, 0.5) is 0 Å². The fourth-order valence-electron chi connectivity index (χ4n) is 2.05. The normalized spacial score (nSPS) is 29.4. The summed E-state index contributed by atoms with van der Waals surface area (Å²) in [5, 5.41) is 11.0. The third kappa shape index (κ3) is 2.19. The molecule has 16 heavy (non-hydrogen) atoms. The first-order valence-corrected chi connectivity index (χ1v) is 6.84. The molecule has 2 fully saturated rings. The molecule has 4 nitrogen and oxygen atoms in total. The minimum atomic E-state index is -1.11. The van der Waals surface area contributed by atoms with Crippen LogP contribution in [0.15, 0.2) is 0 Å². The van der Waals surface area contributed by atoms with E-state index in [1.165, 1.54) is 0 Å². The summed E-state index contributed by atoms with van der Waals surface area (Å²) in [6, 6.07) is -0.713. The van der Waals surface area contributed by atoms with Gasteiger partial charge in [0.05, 0.1) is 17.4 Å². The highest BCUT2D eigenvalue weighted by molar-refractivity contribution is 8.00. The topological polar surface area (TPSA) is 60.4 Å². The summed E-state index contributed by atoms with van der Waals surface area (Å²) in [6.07, 6.45) is 3.66. The van der Waals surface area contributed by atoms with Crippen molar-refractivity contribution in [3.63, 3.8) is 0 Å². The zero-order chi connectivity index (χ0) is 11.7. The van der Waals surface area contributed by atoms with Gasteiger partial charge in [-0.3, -0.25) is 4.79 Å². The van der Waals surface area contributed by atoms with Gasteiger partial charge in [-0.1, -0.05) is 13.3 Å². The maximum absolute atomic E-state index is 12.0. The molecule has 0 bridgehead atoms. The van der Waals surface area contributed by atoms with E-state index in [0.29, 0.717) is 5.75 Å². The van der Waals surface area contributed by atoms with E-state index < -0.39 is 12.0 Å². The van der Waals surface area contributed by atoms with Crippen LogP contribution in [0, 0.1) is 5.92 Å². The molecule has 0 aromatic rings. The Bertz CT molecular complexity index is 304. The van der Waals surface area contributed by atoms with Crippen LogP contribution in [0.3, 0.4) is 0 Å². The maximum atomic E-state index is 12.0. The molecule has 0 aromatic heterocycles. The maximum Gasteiger partial charge on any atom is 0.227 e. The molecule has 1 aliphatic carbocycles. The minimum absolute atomic E-state index is 0.0256. The number of carbonyl (C=O) groups is 2. The predicted molar refractivity (Wildman–Crippen MR) is 59.5 cm³/mol. The number of carboxylic acid groups (broad SMARTS) is 1. The van der Waals surface area contributed by atoms with Crippen molar-refractivity contribution in [1.82, 2.24) is 4.90 Å². The SMILES string of the molecule is CCC[C@@H]1SC[C@H](C(=O)[O-])N1C(=O)C1CC1. The molecule has 1 heterocycles. The Morgan fingerprint density at radius 3 is 2.62 bits per heavy atom. The molecule has 2 aliphatic rings. The van der Waals surface area contributed by atoms with Crippen molar-refractivity contribution in [2.24, 2.45) is 5.92 Å². The Balaban J connectivity index is 2.10. The molecule has 0 unspecified atom stereocenters. The lowest BCUT2D eigenvalue weighted by atomic mass is 10.2. The van der Waals surface area contributed by atoms with Crippen molar-refractivity contribution >= 4 is 23.6 Å². The lowest BCUT2D eigenvalue weighted by Gasteiger charge is -2.30. The summed E-state index contributed by atoms with van der Waals surface area (Å²) in [4.78, 5) is 24.6. The zero-order valence-corrected chi connectivity index (χ0v) is 10.2. The summed E-state index contributed by atoms with van der Waals surface area (Å²) in [6.45, 7) is 2.05. The first-order valence-electron chi connectivity index (χ1n) is 5.79. The second-order valence-corrected chi connectivity index (χ2v) is 5.64. The number of rotatable bonds is 4. The Labute approximate surface area is 99.4 Å². The van der Waals surface area contributed by atoms with Crippen LogP contribution < -0.4 is 5.11 Å². The molecule has 0 radical (unpaired) electrons. The quantitative estimate of drug-likeness (QED) is 0.707.